The van der Waals surface area contributed by atoms with Crippen molar-refractivity contribution in [3.8, 4) is 0 Å². The first-order valence-electron chi connectivity index (χ1n) is 10.7. The maximum absolute atomic E-state index is 12.7. The zero-order chi connectivity index (χ0) is 22.1. The van der Waals surface area contributed by atoms with Gasteiger partial charge in [-0.05, 0) is 51.2 Å². The van der Waals surface area contributed by atoms with Gasteiger partial charge in [0.1, 0.15) is 16.9 Å². The molecule has 3 aromatic rings. The number of hydrogen-bond acceptors (Lipinski definition) is 6. The summed E-state index contributed by atoms with van der Waals surface area (Å²) < 4.78 is 16.4. The van der Waals surface area contributed by atoms with E-state index in [1.165, 1.54) is 12.7 Å². The molecule has 1 aliphatic rings. The summed E-state index contributed by atoms with van der Waals surface area (Å²) in [6, 6.07) is 2.07. The first-order valence-corrected chi connectivity index (χ1v) is 10.7. The first kappa shape index (κ1) is 21.2. The van der Waals surface area contributed by atoms with E-state index in [4.69, 9.17) is 8.83 Å². The van der Waals surface area contributed by atoms with Crippen LogP contribution in [-0.2, 0) is 33.6 Å². The minimum atomic E-state index is -0.425. The van der Waals surface area contributed by atoms with E-state index < -0.39 is 5.63 Å². The highest BCUT2D eigenvalue weighted by atomic mass is 16.5. The molecule has 0 spiro atoms. The zero-order valence-corrected chi connectivity index (χ0v) is 18.2. The molecule has 0 fully saturated rings. The summed E-state index contributed by atoms with van der Waals surface area (Å²) >= 11 is 0. The van der Waals surface area contributed by atoms with Gasteiger partial charge in [-0.3, -0.25) is 9.59 Å². The van der Waals surface area contributed by atoms with Crippen molar-refractivity contribution in [2.24, 2.45) is 0 Å². The predicted octanol–water partition coefficient (Wildman–Crippen LogP) is 3.65. The van der Waals surface area contributed by atoms with Crippen molar-refractivity contribution in [1.29, 1.82) is 0 Å². The molecule has 1 aliphatic carbocycles. The fourth-order valence-electron chi connectivity index (χ4n) is 4.44. The van der Waals surface area contributed by atoms with Crippen molar-refractivity contribution < 1.29 is 23.2 Å². The van der Waals surface area contributed by atoms with Crippen molar-refractivity contribution in [3.63, 3.8) is 0 Å². The summed E-state index contributed by atoms with van der Waals surface area (Å²) in [6.07, 6.45) is 4.75. The standard InChI is InChI=1S/C24H27NO6/c1-13-15(8-9-20(26)25-11-10-21(27)29-3)24(28)31-22-14(2)23-18(12-17(13)22)16-6-4-5-7-19(16)30-23/h12H,4-11H2,1-3H3,(H,25,26). The van der Waals surface area contributed by atoms with Crippen LogP contribution in [0.5, 0.6) is 0 Å². The Labute approximate surface area is 179 Å². The van der Waals surface area contributed by atoms with E-state index >= 15 is 0 Å². The van der Waals surface area contributed by atoms with Gasteiger partial charge in [-0.15, -0.1) is 0 Å². The van der Waals surface area contributed by atoms with E-state index in [2.05, 4.69) is 16.1 Å². The van der Waals surface area contributed by atoms with Gasteiger partial charge in [-0.25, -0.2) is 4.79 Å². The van der Waals surface area contributed by atoms with E-state index in [-0.39, 0.29) is 37.7 Å². The number of fused-ring (bicyclic) bond motifs is 4. The van der Waals surface area contributed by atoms with Crippen LogP contribution in [0.1, 0.15) is 53.7 Å². The molecule has 1 N–H and O–H groups in total. The highest BCUT2D eigenvalue weighted by Gasteiger charge is 2.23. The molecule has 0 unspecified atom stereocenters. The number of aryl methyl sites for hydroxylation is 4. The number of amides is 1. The molecule has 0 bridgehead atoms. The van der Waals surface area contributed by atoms with Crippen molar-refractivity contribution >= 4 is 33.8 Å². The van der Waals surface area contributed by atoms with Gasteiger partial charge in [-0.1, -0.05) is 0 Å². The van der Waals surface area contributed by atoms with Crippen molar-refractivity contribution in [2.75, 3.05) is 13.7 Å². The lowest BCUT2D eigenvalue weighted by atomic mass is 9.93. The molecule has 164 valence electrons. The molecular formula is C24H27NO6. The number of ether oxygens (including phenoxy) is 1. The van der Waals surface area contributed by atoms with Crippen LogP contribution in [0.15, 0.2) is 19.7 Å². The van der Waals surface area contributed by atoms with Gasteiger partial charge >= 0.3 is 11.6 Å². The van der Waals surface area contributed by atoms with Crippen LogP contribution in [0.2, 0.25) is 0 Å². The second kappa shape index (κ2) is 8.57. The van der Waals surface area contributed by atoms with E-state index in [0.29, 0.717) is 11.1 Å². The summed E-state index contributed by atoms with van der Waals surface area (Å²) in [5.74, 6) is 0.441. The number of rotatable bonds is 6. The van der Waals surface area contributed by atoms with Gasteiger partial charge in [-0.2, -0.15) is 0 Å². The van der Waals surface area contributed by atoms with Gasteiger partial charge in [0.05, 0.1) is 13.5 Å². The molecule has 7 heteroatoms. The van der Waals surface area contributed by atoms with Crippen LogP contribution in [-0.4, -0.2) is 25.5 Å². The number of hydrogen-bond donors (Lipinski definition) is 1. The largest absolute Gasteiger partial charge is 0.469 e. The molecule has 0 saturated heterocycles. The number of methoxy groups -OCH3 is 1. The van der Waals surface area contributed by atoms with E-state index in [1.54, 1.807) is 0 Å². The Balaban J connectivity index is 1.63. The van der Waals surface area contributed by atoms with Crippen molar-refractivity contribution in [2.45, 2.75) is 58.8 Å². The monoisotopic (exact) mass is 425 g/mol. The number of benzene rings is 1. The third-order valence-electron chi connectivity index (χ3n) is 6.21. The van der Waals surface area contributed by atoms with Gasteiger partial charge in [0.15, 0.2) is 0 Å². The lowest BCUT2D eigenvalue weighted by Gasteiger charge is -2.11. The van der Waals surface area contributed by atoms with Crippen LogP contribution in [0.3, 0.4) is 0 Å². The minimum absolute atomic E-state index is 0.115. The van der Waals surface area contributed by atoms with Gasteiger partial charge in [0.2, 0.25) is 5.91 Å². The normalized spacial score (nSPS) is 13.4. The number of carbonyl (C=O) groups excluding carboxylic acids is 2. The summed E-state index contributed by atoms with van der Waals surface area (Å²) in [5.41, 5.74) is 4.38. The Hall–Kier alpha value is -3.09. The van der Waals surface area contributed by atoms with E-state index in [9.17, 15) is 14.4 Å². The summed E-state index contributed by atoms with van der Waals surface area (Å²) in [6.45, 7) is 4.04. The molecule has 2 heterocycles. The molecular weight excluding hydrogens is 398 g/mol. The highest BCUT2D eigenvalue weighted by molar-refractivity contribution is 6.00. The minimum Gasteiger partial charge on any atom is -0.469 e. The zero-order valence-electron chi connectivity index (χ0n) is 18.2. The Morgan fingerprint density at radius 2 is 1.77 bits per heavy atom. The lowest BCUT2D eigenvalue weighted by Crippen LogP contribution is -2.27. The number of esters is 1. The Morgan fingerprint density at radius 3 is 2.55 bits per heavy atom. The molecule has 0 radical (unpaired) electrons. The van der Waals surface area contributed by atoms with Crippen LogP contribution < -0.4 is 10.9 Å². The molecule has 2 aromatic heterocycles. The number of nitrogens with one attached hydrogen (secondary N) is 1. The van der Waals surface area contributed by atoms with Gasteiger partial charge < -0.3 is 18.9 Å². The van der Waals surface area contributed by atoms with E-state index in [0.717, 1.165) is 58.9 Å². The second-order valence-corrected chi connectivity index (χ2v) is 8.13. The van der Waals surface area contributed by atoms with Crippen LogP contribution in [0, 0.1) is 13.8 Å². The Bertz CT molecular complexity index is 1230. The molecule has 0 aliphatic heterocycles. The first-order chi connectivity index (χ1) is 14.9. The topological polar surface area (TPSA) is 98.8 Å². The third-order valence-corrected chi connectivity index (χ3v) is 6.21. The maximum Gasteiger partial charge on any atom is 0.339 e. The average Bonchev–Trinajstić information content (AvgIpc) is 3.13. The van der Waals surface area contributed by atoms with Gasteiger partial charge in [0, 0.05) is 46.8 Å². The third kappa shape index (κ3) is 3.96. The average molecular weight is 425 g/mol. The SMILES string of the molecule is COC(=O)CCNC(=O)CCc1c(C)c2cc3c4c(oc3c(C)c2oc1=O)CCCC4. The molecule has 1 amide bonds. The maximum atomic E-state index is 12.7. The van der Waals surface area contributed by atoms with Crippen LogP contribution in [0.25, 0.3) is 21.9 Å². The van der Waals surface area contributed by atoms with E-state index in [1.807, 2.05) is 13.8 Å². The Morgan fingerprint density at radius 1 is 1.03 bits per heavy atom. The molecule has 1 aromatic carbocycles. The fraction of sp³-hybridized carbons (Fsp3) is 0.458. The lowest BCUT2D eigenvalue weighted by molar-refractivity contribution is -0.140. The predicted molar refractivity (Wildman–Crippen MR) is 116 cm³/mol. The second-order valence-electron chi connectivity index (χ2n) is 8.13. The summed E-state index contributed by atoms with van der Waals surface area (Å²) in [7, 11) is 1.31. The molecule has 31 heavy (non-hydrogen) atoms. The fourth-order valence-corrected chi connectivity index (χ4v) is 4.44. The number of carbonyl (C=O) groups is 2. The molecule has 4 rings (SSSR count). The van der Waals surface area contributed by atoms with Crippen LogP contribution in [0.4, 0.5) is 0 Å². The van der Waals surface area contributed by atoms with Crippen molar-refractivity contribution in [1.82, 2.24) is 5.32 Å². The van der Waals surface area contributed by atoms with Crippen LogP contribution >= 0.6 is 0 Å². The van der Waals surface area contributed by atoms with Gasteiger partial charge in [0.25, 0.3) is 0 Å². The molecule has 7 nitrogen and oxygen atoms in total. The smallest absolute Gasteiger partial charge is 0.339 e. The summed E-state index contributed by atoms with van der Waals surface area (Å²) in [4.78, 5) is 36.0. The quantitative estimate of drug-likeness (QED) is 0.478. The summed E-state index contributed by atoms with van der Waals surface area (Å²) in [5, 5.41) is 4.66. The highest BCUT2D eigenvalue weighted by Crippen LogP contribution is 2.37. The molecule has 0 atom stereocenters. The molecule has 0 saturated carbocycles. The Kier molecular flexibility index (Phi) is 5.85. The van der Waals surface area contributed by atoms with Crippen molar-refractivity contribution in [3.05, 3.63) is 44.5 Å². The number of furan rings is 1.